The van der Waals surface area contributed by atoms with E-state index < -0.39 is 0 Å². The summed E-state index contributed by atoms with van der Waals surface area (Å²) in [6.45, 7) is 8.10. The first-order chi connectivity index (χ1) is 9.13. The number of benzene rings is 1. The number of aromatic nitrogens is 2. The highest BCUT2D eigenvalue weighted by atomic mass is 79.9. The molecule has 0 spiro atoms. The Kier molecular flexibility index (Phi) is 4.64. The van der Waals surface area contributed by atoms with Gasteiger partial charge < -0.3 is 5.32 Å². The summed E-state index contributed by atoms with van der Waals surface area (Å²) in [7, 11) is 0. The van der Waals surface area contributed by atoms with Crippen molar-refractivity contribution in [1.82, 2.24) is 9.78 Å². The molecule has 19 heavy (non-hydrogen) atoms. The summed E-state index contributed by atoms with van der Waals surface area (Å²) in [5.41, 5.74) is 4.81. The lowest BCUT2D eigenvalue weighted by atomic mass is 10.2. The summed E-state index contributed by atoms with van der Waals surface area (Å²) in [5.74, 6) is 0. The van der Waals surface area contributed by atoms with Gasteiger partial charge in [-0.05, 0) is 50.1 Å². The molecule has 0 saturated heterocycles. The third-order valence-corrected chi connectivity index (χ3v) is 3.72. The predicted molar refractivity (Wildman–Crippen MR) is 83.5 cm³/mol. The fourth-order valence-electron chi connectivity index (χ4n) is 2.12. The maximum absolute atomic E-state index is 4.57. The van der Waals surface area contributed by atoms with Crippen molar-refractivity contribution in [1.29, 1.82) is 0 Å². The molecule has 0 radical (unpaired) electrons. The van der Waals surface area contributed by atoms with E-state index in [-0.39, 0.29) is 0 Å². The monoisotopic (exact) mass is 321 g/mol. The zero-order chi connectivity index (χ0) is 13.8. The van der Waals surface area contributed by atoms with E-state index in [1.54, 1.807) is 0 Å². The first-order valence-corrected chi connectivity index (χ1v) is 7.49. The highest BCUT2D eigenvalue weighted by Crippen LogP contribution is 2.20. The minimum Gasteiger partial charge on any atom is -0.379 e. The average molecular weight is 322 g/mol. The Balaban J connectivity index is 2.11. The van der Waals surface area contributed by atoms with Crippen molar-refractivity contribution in [3.05, 3.63) is 45.7 Å². The van der Waals surface area contributed by atoms with Crippen LogP contribution < -0.4 is 5.32 Å². The van der Waals surface area contributed by atoms with Gasteiger partial charge in [-0.2, -0.15) is 5.10 Å². The van der Waals surface area contributed by atoms with Crippen molar-refractivity contribution in [2.45, 2.75) is 40.3 Å². The largest absolute Gasteiger partial charge is 0.379 e. The molecule has 2 rings (SSSR count). The van der Waals surface area contributed by atoms with Gasteiger partial charge in [0.25, 0.3) is 0 Å². The third-order valence-electron chi connectivity index (χ3n) is 3.22. The molecule has 1 heterocycles. The smallest absolute Gasteiger partial charge is 0.0625 e. The van der Waals surface area contributed by atoms with Gasteiger partial charge in [-0.1, -0.05) is 22.9 Å². The topological polar surface area (TPSA) is 29.9 Å². The van der Waals surface area contributed by atoms with Gasteiger partial charge in [0.05, 0.1) is 17.9 Å². The Bertz CT molecular complexity index is 561. The number of halogens is 1. The minimum absolute atomic E-state index is 0.809. The molecule has 0 atom stereocenters. The zero-order valence-corrected chi connectivity index (χ0v) is 13.3. The summed E-state index contributed by atoms with van der Waals surface area (Å²) < 4.78 is 3.18. The van der Waals surface area contributed by atoms with Crippen LogP contribution in [0.2, 0.25) is 0 Å². The molecule has 0 unspecified atom stereocenters. The van der Waals surface area contributed by atoms with Crippen LogP contribution in [0.3, 0.4) is 0 Å². The molecule has 0 saturated carbocycles. The highest BCUT2D eigenvalue weighted by molar-refractivity contribution is 9.10. The van der Waals surface area contributed by atoms with Gasteiger partial charge >= 0.3 is 0 Å². The van der Waals surface area contributed by atoms with E-state index in [1.807, 2.05) is 0 Å². The summed E-state index contributed by atoms with van der Waals surface area (Å²) in [4.78, 5) is 0. The van der Waals surface area contributed by atoms with Crippen LogP contribution in [0.5, 0.6) is 0 Å². The van der Waals surface area contributed by atoms with Gasteiger partial charge in [-0.3, -0.25) is 4.68 Å². The molecule has 0 fully saturated rings. The lowest BCUT2D eigenvalue weighted by Crippen LogP contribution is -2.08. The predicted octanol–water partition coefficient (Wildman–Crippen LogP) is 4.15. The van der Waals surface area contributed by atoms with Crippen molar-refractivity contribution in [3.8, 4) is 0 Å². The van der Waals surface area contributed by atoms with Crippen molar-refractivity contribution in [3.63, 3.8) is 0 Å². The average Bonchev–Trinajstić information content (AvgIpc) is 2.80. The SMILES string of the molecule is CCc1cc(CNc2ccc(Br)cc2C)n(CC)n1. The quantitative estimate of drug-likeness (QED) is 0.896. The lowest BCUT2D eigenvalue weighted by Gasteiger charge is -2.10. The number of hydrogen-bond acceptors (Lipinski definition) is 2. The number of anilines is 1. The lowest BCUT2D eigenvalue weighted by molar-refractivity contribution is 0.619. The van der Waals surface area contributed by atoms with Gasteiger partial charge in [-0.25, -0.2) is 0 Å². The molecule has 0 bridgehead atoms. The van der Waals surface area contributed by atoms with Crippen LogP contribution in [0, 0.1) is 6.92 Å². The van der Waals surface area contributed by atoms with E-state index in [9.17, 15) is 0 Å². The molecule has 102 valence electrons. The second-order valence-corrected chi connectivity index (χ2v) is 5.52. The van der Waals surface area contributed by atoms with E-state index in [2.05, 4.69) is 76.1 Å². The van der Waals surface area contributed by atoms with Crippen molar-refractivity contribution >= 4 is 21.6 Å². The first-order valence-electron chi connectivity index (χ1n) is 6.69. The Morgan fingerprint density at radius 3 is 2.68 bits per heavy atom. The maximum atomic E-state index is 4.57. The molecule has 1 aromatic heterocycles. The van der Waals surface area contributed by atoms with E-state index in [4.69, 9.17) is 0 Å². The van der Waals surface area contributed by atoms with Gasteiger partial charge in [-0.15, -0.1) is 0 Å². The normalized spacial score (nSPS) is 10.7. The van der Waals surface area contributed by atoms with Crippen molar-refractivity contribution < 1.29 is 0 Å². The summed E-state index contributed by atoms with van der Waals surface area (Å²) in [6, 6.07) is 8.47. The molecule has 2 aromatic rings. The summed E-state index contributed by atoms with van der Waals surface area (Å²) >= 11 is 3.49. The van der Waals surface area contributed by atoms with E-state index in [0.29, 0.717) is 0 Å². The molecule has 0 aliphatic rings. The van der Waals surface area contributed by atoms with Crippen LogP contribution in [0.15, 0.2) is 28.7 Å². The van der Waals surface area contributed by atoms with E-state index >= 15 is 0 Å². The van der Waals surface area contributed by atoms with Crippen LogP contribution in [0.1, 0.15) is 30.8 Å². The molecular formula is C15H20BrN3. The molecule has 0 amide bonds. The minimum atomic E-state index is 0.809. The molecule has 1 N–H and O–H groups in total. The number of rotatable bonds is 5. The fourth-order valence-corrected chi connectivity index (χ4v) is 2.59. The van der Waals surface area contributed by atoms with Gasteiger partial charge in [0, 0.05) is 16.7 Å². The first kappa shape index (κ1) is 14.1. The van der Waals surface area contributed by atoms with E-state index in [1.165, 1.54) is 16.9 Å². The second-order valence-electron chi connectivity index (χ2n) is 4.61. The molecule has 0 aliphatic heterocycles. The van der Waals surface area contributed by atoms with Crippen molar-refractivity contribution in [2.24, 2.45) is 0 Å². The Morgan fingerprint density at radius 2 is 2.05 bits per heavy atom. The Hall–Kier alpha value is -1.29. The number of aryl methyl sites for hydroxylation is 3. The molecule has 1 aromatic carbocycles. The van der Waals surface area contributed by atoms with Gasteiger partial charge in [0.2, 0.25) is 0 Å². The van der Waals surface area contributed by atoms with Crippen LogP contribution in [0.4, 0.5) is 5.69 Å². The number of nitrogens with zero attached hydrogens (tertiary/aromatic N) is 2. The standard InChI is InChI=1S/C15H20BrN3/c1-4-13-9-14(19(5-2)18-13)10-17-15-7-6-12(16)8-11(15)3/h6-9,17H,4-5,10H2,1-3H3. The Morgan fingerprint density at radius 1 is 1.26 bits per heavy atom. The zero-order valence-electron chi connectivity index (χ0n) is 11.7. The van der Waals surface area contributed by atoms with Crippen molar-refractivity contribution in [2.75, 3.05) is 5.32 Å². The van der Waals surface area contributed by atoms with E-state index in [0.717, 1.165) is 29.7 Å². The molecule has 0 aliphatic carbocycles. The highest BCUT2D eigenvalue weighted by Gasteiger charge is 2.06. The number of nitrogens with one attached hydrogen (secondary N) is 1. The molecule has 3 nitrogen and oxygen atoms in total. The second kappa shape index (κ2) is 6.24. The third kappa shape index (κ3) is 3.38. The van der Waals surface area contributed by atoms with Gasteiger partial charge in [0.15, 0.2) is 0 Å². The van der Waals surface area contributed by atoms with Crippen LogP contribution in [0.25, 0.3) is 0 Å². The molecular weight excluding hydrogens is 302 g/mol. The summed E-state index contributed by atoms with van der Waals surface area (Å²) in [5, 5.41) is 8.05. The molecule has 4 heteroatoms. The Labute approximate surface area is 123 Å². The maximum Gasteiger partial charge on any atom is 0.0625 e. The van der Waals surface area contributed by atoms with Crippen LogP contribution >= 0.6 is 15.9 Å². The van der Waals surface area contributed by atoms with Crippen LogP contribution in [-0.2, 0) is 19.5 Å². The van der Waals surface area contributed by atoms with Gasteiger partial charge in [0.1, 0.15) is 0 Å². The number of hydrogen-bond donors (Lipinski definition) is 1. The summed E-state index contributed by atoms with van der Waals surface area (Å²) in [6.07, 6.45) is 0.983. The fraction of sp³-hybridized carbons (Fsp3) is 0.400. The van der Waals surface area contributed by atoms with Crippen LogP contribution in [-0.4, -0.2) is 9.78 Å².